The van der Waals surface area contributed by atoms with Crippen LogP contribution in [0.3, 0.4) is 0 Å². The molecule has 0 saturated carbocycles. The lowest BCUT2D eigenvalue weighted by atomic mass is 9.84. The van der Waals surface area contributed by atoms with Crippen molar-refractivity contribution >= 4 is 12.0 Å². The normalized spacial score (nSPS) is 14.5. The van der Waals surface area contributed by atoms with Gasteiger partial charge in [-0.1, -0.05) is 20.8 Å². The van der Waals surface area contributed by atoms with Gasteiger partial charge in [0.15, 0.2) is 0 Å². The van der Waals surface area contributed by atoms with Crippen LogP contribution in [-0.4, -0.2) is 55.4 Å². The van der Waals surface area contributed by atoms with Crippen molar-refractivity contribution in [1.29, 1.82) is 0 Å². The van der Waals surface area contributed by atoms with Gasteiger partial charge in [0.25, 0.3) is 0 Å². The van der Waals surface area contributed by atoms with Crippen LogP contribution in [0.1, 0.15) is 34.1 Å². The molecule has 0 fully saturated rings. The standard InChI is InChI=1S/C14H28N2O4/c1-10(9-20-6)16(5)13(19)15-8-11(12(17)18)7-14(2,3)4/h10-11H,7-9H2,1-6H3,(H,15,19)(H,17,18). The molecule has 118 valence electrons. The summed E-state index contributed by atoms with van der Waals surface area (Å²) in [5.74, 6) is -1.46. The molecule has 0 saturated heterocycles. The molecule has 0 bridgehead atoms. The highest BCUT2D eigenvalue weighted by Crippen LogP contribution is 2.24. The minimum Gasteiger partial charge on any atom is -0.481 e. The van der Waals surface area contributed by atoms with E-state index in [1.54, 1.807) is 14.2 Å². The van der Waals surface area contributed by atoms with Gasteiger partial charge in [-0.2, -0.15) is 0 Å². The molecule has 0 rings (SSSR count). The molecule has 0 aliphatic heterocycles. The van der Waals surface area contributed by atoms with Crippen molar-refractivity contribution in [2.24, 2.45) is 11.3 Å². The van der Waals surface area contributed by atoms with Crippen LogP contribution in [0.25, 0.3) is 0 Å². The van der Waals surface area contributed by atoms with E-state index in [-0.39, 0.29) is 24.0 Å². The lowest BCUT2D eigenvalue weighted by Crippen LogP contribution is -2.46. The first-order valence-electron chi connectivity index (χ1n) is 6.81. The molecule has 0 aromatic heterocycles. The van der Waals surface area contributed by atoms with Crippen molar-refractivity contribution in [1.82, 2.24) is 10.2 Å². The third kappa shape index (κ3) is 7.33. The van der Waals surface area contributed by atoms with Crippen LogP contribution < -0.4 is 5.32 Å². The predicted molar refractivity (Wildman–Crippen MR) is 77.7 cm³/mol. The number of hydrogen-bond donors (Lipinski definition) is 2. The molecule has 6 nitrogen and oxygen atoms in total. The number of nitrogens with zero attached hydrogens (tertiary/aromatic N) is 1. The van der Waals surface area contributed by atoms with Crippen LogP contribution >= 0.6 is 0 Å². The van der Waals surface area contributed by atoms with Crippen LogP contribution in [-0.2, 0) is 9.53 Å². The lowest BCUT2D eigenvalue weighted by molar-refractivity contribution is -0.142. The maximum Gasteiger partial charge on any atom is 0.317 e. The van der Waals surface area contributed by atoms with Crippen LogP contribution in [0.2, 0.25) is 0 Å². The predicted octanol–water partition coefficient (Wildman–Crippen LogP) is 1.80. The van der Waals surface area contributed by atoms with E-state index in [9.17, 15) is 14.7 Å². The quantitative estimate of drug-likeness (QED) is 0.748. The number of ether oxygens (including phenoxy) is 1. The number of urea groups is 1. The van der Waals surface area contributed by atoms with Crippen LogP contribution in [0.4, 0.5) is 4.79 Å². The zero-order valence-electron chi connectivity index (χ0n) is 13.4. The maximum atomic E-state index is 11.9. The minimum atomic E-state index is -0.882. The van der Waals surface area contributed by atoms with E-state index in [0.29, 0.717) is 13.0 Å². The number of amides is 2. The van der Waals surface area contributed by atoms with Gasteiger partial charge >= 0.3 is 12.0 Å². The molecule has 2 atom stereocenters. The molecule has 0 radical (unpaired) electrons. The summed E-state index contributed by atoms with van der Waals surface area (Å²) in [6.07, 6.45) is 0.514. The van der Waals surface area contributed by atoms with E-state index in [2.05, 4.69) is 5.32 Å². The zero-order valence-corrected chi connectivity index (χ0v) is 13.4. The first-order chi connectivity index (χ1) is 9.08. The minimum absolute atomic E-state index is 0.0640. The van der Waals surface area contributed by atoms with Gasteiger partial charge in [0, 0.05) is 20.7 Å². The first kappa shape index (κ1) is 18.7. The van der Waals surface area contributed by atoms with Gasteiger partial charge in [0.2, 0.25) is 0 Å². The number of carbonyl (C=O) groups excluding carboxylic acids is 1. The second kappa shape index (κ2) is 8.09. The Hall–Kier alpha value is -1.30. The summed E-state index contributed by atoms with van der Waals surface area (Å²) in [7, 11) is 3.24. The van der Waals surface area contributed by atoms with E-state index in [1.807, 2.05) is 27.7 Å². The van der Waals surface area contributed by atoms with Gasteiger partial charge in [0.05, 0.1) is 18.6 Å². The Balaban J connectivity index is 4.41. The molecular formula is C14H28N2O4. The average Bonchev–Trinajstić information content (AvgIpc) is 2.31. The average molecular weight is 288 g/mol. The zero-order chi connectivity index (χ0) is 15.9. The van der Waals surface area contributed by atoms with E-state index >= 15 is 0 Å². The summed E-state index contributed by atoms with van der Waals surface area (Å²) in [5, 5.41) is 11.9. The van der Waals surface area contributed by atoms with Gasteiger partial charge < -0.3 is 20.1 Å². The van der Waals surface area contributed by atoms with Crippen molar-refractivity contribution in [3.63, 3.8) is 0 Å². The van der Waals surface area contributed by atoms with Crippen LogP contribution in [0.5, 0.6) is 0 Å². The first-order valence-corrected chi connectivity index (χ1v) is 6.81. The van der Waals surface area contributed by atoms with Gasteiger partial charge in [0.1, 0.15) is 0 Å². The molecule has 6 heteroatoms. The Kier molecular flexibility index (Phi) is 7.57. The van der Waals surface area contributed by atoms with Crippen molar-refractivity contribution in [2.75, 3.05) is 27.3 Å². The molecule has 0 spiro atoms. The lowest BCUT2D eigenvalue weighted by Gasteiger charge is -2.27. The molecule has 2 amide bonds. The Morgan fingerprint density at radius 2 is 1.90 bits per heavy atom. The Morgan fingerprint density at radius 1 is 1.35 bits per heavy atom. The van der Waals surface area contributed by atoms with Gasteiger partial charge in [-0.05, 0) is 18.8 Å². The van der Waals surface area contributed by atoms with Gasteiger partial charge in [-0.25, -0.2) is 4.79 Å². The fraction of sp³-hybridized carbons (Fsp3) is 0.857. The Bertz CT molecular complexity index is 326. The van der Waals surface area contributed by atoms with Crippen molar-refractivity contribution in [3.8, 4) is 0 Å². The topological polar surface area (TPSA) is 78.9 Å². The van der Waals surface area contributed by atoms with E-state index in [4.69, 9.17) is 4.74 Å². The fourth-order valence-corrected chi connectivity index (χ4v) is 1.87. The van der Waals surface area contributed by atoms with Crippen molar-refractivity contribution in [2.45, 2.75) is 40.2 Å². The smallest absolute Gasteiger partial charge is 0.317 e. The van der Waals surface area contributed by atoms with Gasteiger partial charge in [-0.15, -0.1) is 0 Å². The molecule has 0 aliphatic rings. The molecule has 20 heavy (non-hydrogen) atoms. The van der Waals surface area contributed by atoms with Crippen molar-refractivity contribution in [3.05, 3.63) is 0 Å². The second-order valence-corrected chi connectivity index (χ2v) is 6.40. The summed E-state index contributed by atoms with van der Waals surface area (Å²) in [6.45, 7) is 8.39. The molecular weight excluding hydrogens is 260 g/mol. The number of aliphatic carboxylic acids is 1. The highest BCUT2D eigenvalue weighted by Gasteiger charge is 2.26. The van der Waals surface area contributed by atoms with E-state index in [0.717, 1.165) is 0 Å². The number of carboxylic acids is 1. The number of carboxylic acid groups (broad SMARTS) is 1. The number of nitrogens with one attached hydrogen (secondary N) is 1. The summed E-state index contributed by atoms with van der Waals surface area (Å²) in [4.78, 5) is 24.6. The van der Waals surface area contributed by atoms with E-state index in [1.165, 1.54) is 4.90 Å². The number of hydrogen-bond acceptors (Lipinski definition) is 3. The molecule has 2 unspecified atom stereocenters. The number of rotatable bonds is 7. The third-order valence-electron chi connectivity index (χ3n) is 3.10. The highest BCUT2D eigenvalue weighted by molar-refractivity contribution is 5.76. The highest BCUT2D eigenvalue weighted by atomic mass is 16.5. The third-order valence-corrected chi connectivity index (χ3v) is 3.10. The molecule has 2 N–H and O–H groups in total. The fourth-order valence-electron chi connectivity index (χ4n) is 1.87. The van der Waals surface area contributed by atoms with Crippen molar-refractivity contribution < 1.29 is 19.4 Å². The summed E-state index contributed by atoms with van der Waals surface area (Å²) >= 11 is 0. The van der Waals surface area contributed by atoms with Gasteiger partial charge in [-0.3, -0.25) is 4.79 Å². The summed E-state index contributed by atoms with van der Waals surface area (Å²) in [6, 6.07) is -0.347. The number of carbonyl (C=O) groups is 2. The summed E-state index contributed by atoms with van der Waals surface area (Å²) < 4.78 is 4.99. The maximum absolute atomic E-state index is 11.9. The molecule has 0 aromatic rings. The Labute approximate surface area is 121 Å². The molecule has 0 aliphatic carbocycles. The van der Waals surface area contributed by atoms with Crippen LogP contribution in [0.15, 0.2) is 0 Å². The van der Waals surface area contributed by atoms with Crippen LogP contribution in [0, 0.1) is 11.3 Å². The number of likely N-dealkylation sites (N-methyl/N-ethyl adjacent to an activating group) is 1. The number of methoxy groups -OCH3 is 1. The summed E-state index contributed by atoms with van der Waals surface area (Å²) in [5.41, 5.74) is -0.0942. The Morgan fingerprint density at radius 3 is 2.30 bits per heavy atom. The monoisotopic (exact) mass is 288 g/mol. The second-order valence-electron chi connectivity index (χ2n) is 6.40. The molecule has 0 aromatic carbocycles. The largest absolute Gasteiger partial charge is 0.481 e. The SMILES string of the molecule is COCC(C)N(C)C(=O)NCC(CC(C)(C)C)C(=O)O. The van der Waals surface area contributed by atoms with E-state index < -0.39 is 11.9 Å². The molecule has 0 heterocycles.